The van der Waals surface area contributed by atoms with Gasteiger partial charge in [0, 0.05) is 22.6 Å². The van der Waals surface area contributed by atoms with Crippen LogP contribution in [0.25, 0.3) is 21.8 Å². The molecule has 1 heterocycles. The van der Waals surface area contributed by atoms with E-state index in [2.05, 4.69) is 49.4 Å². The molecule has 6 rings (SSSR count). The molecule has 0 aliphatic heterocycles. The first-order chi connectivity index (χ1) is 13.1. The van der Waals surface area contributed by atoms with Gasteiger partial charge in [0.15, 0.2) is 0 Å². The minimum atomic E-state index is -0.0344. The van der Waals surface area contributed by atoms with Crippen molar-refractivity contribution in [2.45, 2.75) is 51.4 Å². The van der Waals surface area contributed by atoms with Gasteiger partial charge >= 0.3 is 0 Å². The third-order valence-corrected chi connectivity index (χ3v) is 8.12. The van der Waals surface area contributed by atoms with Crippen molar-refractivity contribution in [1.82, 2.24) is 4.98 Å². The summed E-state index contributed by atoms with van der Waals surface area (Å²) in [5.74, 6) is 2.45. The lowest BCUT2D eigenvalue weighted by Gasteiger charge is -2.48. The summed E-state index contributed by atoms with van der Waals surface area (Å²) in [7, 11) is 0. The van der Waals surface area contributed by atoms with Crippen molar-refractivity contribution in [2.24, 2.45) is 17.3 Å². The predicted octanol–water partition coefficient (Wildman–Crippen LogP) is 5.81. The highest BCUT2D eigenvalue weighted by molar-refractivity contribution is 5.95. The SMILES string of the molecule is C[C@]12CC[C@@H]3c4ccc5nc6ccccc6cc5c4CC[C@H]3[C@@H]1CCC2=O. The summed E-state index contributed by atoms with van der Waals surface area (Å²) in [6.45, 7) is 2.26. The molecule has 27 heavy (non-hydrogen) atoms. The van der Waals surface area contributed by atoms with E-state index in [9.17, 15) is 4.79 Å². The Kier molecular flexibility index (Phi) is 3.16. The summed E-state index contributed by atoms with van der Waals surface area (Å²) in [5, 5.41) is 2.58. The van der Waals surface area contributed by atoms with E-state index < -0.39 is 0 Å². The topological polar surface area (TPSA) is 30.0 Å². The first-order valence-electron chi connectivity index (χ1n) is 10.5. The third kappa shape index (κ3) is 2.07. The van der Waals surface area contributed by atoms with Gasteiger partial charge in [-0.2, -0.15) is 0 Å². The van der Waals surface area contributed by atoms with E-state index in [-0.39, 0.29) is 5.41 Å². The minimum Gasteiger partial charge on any atom is -0.299 e. The molecule has 2 heteroatoms. The van der Waals surface area contributed by atoms with Crippen LogP contribution in [0.4, 0.5) is 0 Å². The Bertz CT molecular complexity index is 1100. The highest BCUT2D eigenvalue weighted by Crippen LogP contribution is 2.59. The molecule has 0 amide bonds. The molecule has 2 fully saturated rings. The molecule has 3 aliphatic rings. The maximum Gasteiger partial charge on any atom is 0.139 e. The fourth-order valence-electron chi connectivity index (χ4n) is 6.71. The molecule has 1 aromatic heterocycles. The molecule has 0 spiro atoms. The summed E-state index contributed by atoms with van der Waals surface area (Å²) < 4.78 is 0. The number of hydrogen-bond acceptors (Lipinski definition) is 2. The Balaban J connectivity index is 1.49. The predicted molar refractivity (Wildman–Crippen MR) is 109 cm³/mol. The molecule has 3 aliphatic carbocycles. The van der Waals surface area contributed by atoms with Crippen LogP contribution >= 0.6 is 0 Å². The molecule has 2 aromatic carbocycles. The number of fused-ring (bicyclic) bond motifs is 8. The Morgan fingerprint density at radius 3 is 2.81 bits per heavy atom. The van der Waals surface area contributed by atoms with Crippen LogP contribution in [0.5, 0.6) is 0 Å². The third-order valence-electron chi connectivity index (χ3n) is 8.12. The first kappa shape index (κ1) is 15.8. The van der Waals surface area contributed by atoms with Gasteiger partial charge in [-0.05, 0) is 79.2 Å². The van der Waals surface area contributed by atoms with Crippen LogP contribution in [0.1, 0.15) is 56.1 Å². The second-order valence-electron chi connectivity index (χ2n) is 9.21. The van der Waals surface area contributed by atoms with Crippen molar-refractivity contribution in [2.75, 3.05) is 0 Å². The van der Waals surface area contributed by atoms with Gasteiger partial charge in [-0.25, -0.2) is 4.98 Å². The van der Waals surface area contributed by atoms with Crippen molar-refractivity contribution in [1.29, 1.82) is 0 Å². The van der Waals surface area contributed by atoms with E-state index in [1.165, 1.54) is 29.2 Å². The number of aromatic nitrogens is 1. The van der Waals surface area contributed by atoms with Crippen LogP contribution in [0.2, 0.25) is 0 Å². The van der Waals surface area contributed by atoms with Gasteiger partial charge in [0.05, 0.1) is 11.0 Å². The number of ketones is 1. The average Bonchev–Trinajstić information content (AvgIpc) is 3.01. The quantitative estimate of drug-likeness (QED) is 0.476. The smallest absolute Gasteiger partial charge is 0.139 e. The lowest BCUT2D eigenvalue weighted by molar-refractivity contribution is -0.129. The van der Waals surface area contributed by atoms with Crippen LogP contribution in [-0.4, -0.2) is 10.8 Å². The normalized spacial score (nSPS) is 32.3. The van der Waals surface area contributed by atoms with E-state index in [4.69, 9.17) is 4.98 Å². The number of Topliss-reactive ketones (excluding diaryl/α,β-unsaturated/α-hetero) is 1. The minimum absolute atomic E-state index is 0.0344. The van der Waals surface area contributed by atoms with Crippen LogP contribution in [0.15, 0.2) is 42.5 Å². The van der Waals surface area contributed by atoms with E-state index >= 15 is 0 Å². The molecule has 0 N–H and O–H groups in total. The van der Waals surface area contributed by atoms with Crippen LogP contribution in [0, 0.1) is 17.3 Å². The Hall–Kier alpha value is -2.22. The average molecular weight is 355 g/mol. The van der Waals surface area contributed by atoms with Gasteiger partial charge in [0.2, 0.25) is 0 Å². The molecule has 0 radical (unpaired) electrons. The molecular weight excluding hydrogens is 330 g/mol. The maximum absolute atomic E-state index is 12.5. The van der Waals surface area contributed by atoms with Crippen molar-refractivity contribution in [3.05, 3.63) is 53.6 Å². The number of para-hydroxylation sites is 1. The molecule has 3 aromatic rings. The standard InChI is InChI=1S/C25H25NO/c1-25-13-12-18-16-8-10-23-20(14-15-4-2-3-5-22(15)26-23)17(16)6-7-19(18)21(25)9-11-24(25)27/h2-5,8,10,14,18-19,21H,6-7,9,11-13H2,1H3/t18-,19-,21+,25+/m1/s1. The lowest BCUT2D eigenvalue weighted by atomic mass is 9.55. The maximum atomic E-state index is 12.5. The second kappa shape index (κ2) is 5.41. The molecule has 136 valence electrons. The monoisotopic (exact) mass is 355 g/mol. The molecule has 0 unspecified atom stereocenters. The number of pyridine rings is 1. The fourth-order valence-corrected chi connectivity index (χ4v) is 6.71. The summed E-state index contributed by atoms with van der Waals surface area (Å²) in [6.07, 6.45) is 6.54. The van der Waals surface area contributed by atoms with Crippen molar-refractivity contribution in [3.63, 3.8) is 0 Å². The van der Waals surface area contributed by atoms with E-state index in [0.29, 0.717) is 23.5 Å². The molecule has 0 saturated heterocycles. The fraction of sp³-hybridized carbons (Fsp3) is 0.440. The van der Waals surface area contributed by atoms with Crippen molar-refractivity contribution >= 4 is 27.6 Å². The molecule has 2 nitrogen and oxygen atoms in total. The molecule has 2 saturated carbocycles. The lowest BCUT2D eigenvalue weighted by Crippen LogP contribution is -2.42. The van der Waals surface area contributed by atoms with Gasteiger partial charge in [0.25, 0.3) is 0 Å². The second-order valence-corrected chi connectivity index (χ2v) is 9.21. The van der Waals surface area contributed by atoms with Crippen LogP contribution in [-0.2, 0) is 11.2 Å². The van der Waals surface area contributed by atoms with Crippen molar-refractivity contribution in [3.8, 4) is 0 Å². The Morgan fingerprint density at radius 2 is 1.89 bits per heavy atom. The number of carbonyl (C=O) groups is 1. The Morgan fingerprint density at radius 1 is 1.00 bits per heavy atom. The van der Waals surface area contributed by atoms with Crippen molar-refractivity contribution < 1.29 is 4.79 Å². The van der Waals surface area contributed by atoms with Gasteiger partial charge in [-0.15, -0.1) is 0 Å². The largest absolute Gasteiger partial charge is 0.299 e. The van der Waals surface area contributed by atoms with Gasteiger partial charge in [-0.3, -0.25) is 4.79 Å². The Labute approximate surface area is 160 Å². The number of carbonyl (C=O) groups excluding carboxylic acids is 1. The summed E-state index contributed by atoms with van der Waals surface area (Å²) >= 11 is 0. The zero-order valence-corrected chi connectivity index (χ0v) is 15.9. The number of nitrogens with zero attached hydrogens (tertiary/aromatic N) is 1. The number of aryl methyl sites for hydroxylation is 1. The molecule has 4 atom stereocenters. The zero-order chi connectivity index (χ0) is 18.2. The number of benzene rings is 2. The van der Waals surface area contributed by atoms with E-state index in [1.54, 1.807) is 5.56 Å². The molecule has 0 bridgehead atoms. The highest BCUT2D eigenvalue weighted by atomic mass is 16.1. The van der Waals surface area contributed by atoms with E-state index in [1.807, 2.05) is 0 Å². The first-order valence-corrected chi connectivity index (χ1v) is 10.5. The summed E-state index contributed by atoms with van der Waals surface area (Å²) in [6, 6.07) is 15.4. The molecular formula is C25H25NO. The van der Waals surface area contributed by atoms with Gasteiger partial charge in [0.1, 0.15) is 5.78 Å². The number of hydrogen-bond donors (Lipinski definition) is 0. The van der Waals surface area contributed by atoms with Crippen LogP contribution in [0.3, 0.4) is 0 Å². The zero-order valence-electron chi connectivity index (χ0n) is 15.9. The van der Waals surface area contributed by atoms with Gasteiger partial charge < -0.3 is 0 Å². The number of rotatable bonds is 0. The highest BCUT2D eigenvalue weighted by Gasteiger charge is 2.54. The summed E-state index contributed by atoms with van der Waals surface area (Å²) in [5.41, 5.74) is 5.25. The van der Waals surface area contributed by atoms with Crippen LogP contribution < -0.4 is 0 Å². The van der Waals surface area contributed by atoms with E-state index in [0.717, 1.165) is 36.7 Å². The summed E-state index contributed by atoms with van der Waals surface area (Å²) in [4.78, 5) is 17.5. The van der Waals surface area contributed by atoms with Gasteiger partial charge in [-0.1, -0.05) is 31.2 Å².